The molecule has 1 heterocycles. The fourth-order valence-electron chi connectivity index (χ4n) is 3.51. The lowest BCUT2D eigenvalue weighted by molar-refractivity contribution is -0.120. The van der Waals surface area contributed by atoms with Crippen LogP contribution < -0.4 is 19.5 Å². The maximum atomic E-state index is 13.2. The number of anilines is 1. The van der Waals surface area contributed by atoms with Gasteiger partial charge in [0, 0.05) is 24.2 Å². The molecule has 0 bridgehead atoms. The molecular formula is C21H25ClN2O6S. The summed E-state index contributed by atoms with van der Waals surface area (Å²) in [5.74, 6) is 0.444. The molecule has 2 aromatic carbocycles. The number of ether oxygens (including phenoxy) is 3. The molecule has 0 aromatic heterocycles. The Morgan fingerprint density at radius 1 is 1.03 bits per heavy atom. The predicted molar refractivity (Wildman–Crippen MR) is 118 cm³/mol. The van der Waals surface area contributed by atoms with Gasteiger partial charge in [0.15, 0.2) is 11.5 Å². The number of carbonyl (C=O) groups excluding carboxylic acids is 1. The summed E-state index contributed by atoms with van der Waals surface area (Å²) in [4.78, 5) is 13.0. The Balaban J connectivity index is 1.78. The quantitative estimate of drug-likeness (QED) is 0.669. The minimum atomic E-state index is -3.81. The molecule has 3 rings (SSSR count). The maximum absolute atomic E-state index is 13.2. The first-order valence-corrected chi connectivity index (χ1v) is 11.5. The SMILES string of the molecule is COc1ccc(Cl)cc1NC(=O)[C@@H]1CCCN(S(=O)(=O)c2ccc(OC)c(OC)c2)C1. The number of halogens is 1. The largest absolute Gasteiger partial charge is 0.495 e. The molecule has 8 nitrogen and oxygen atoms in total. The van der Waals surface area contributed by atoms with Crippen molar-refractivity contribution in [1.82, 2.24) is 4.31 Å². The third-order valence-electron chi connectivity index (χ3n) is 5.17. The summed E-state index contributed by atoms with van der Waals surface area (Å²) in [6.45, 7) is 0.409. The normalized spacial score (nSPS) is 17.1. The smallest absolute Gasteiger partial charge is 0.243 e. The minimum absolute atomic E-state index is 0.0748. The van der Waals surface area contributed by atoms with Crippen molar-refractivity contribution in [3.05, 3.63) is 41.4 Å². The molecule has 1 N–H and O–H groups in total. The number of amides is 1. The topological polar surface area (TPSA) is 94.2 Å². The van der Waals surface area contributed by atoms with Gasteiger partial charge in [0.1, 0.15) is 5.75 Å². The van der Waals surface area contributed by atoms with Crippen LogP contribution in [0.4, 0.5) is 5.69 Å². The third-order valence-corrected chi connectivity index (χ3v) is 7.26. The summed E-state index contributed by atoms with van der Waals surface area (Å²) in [7, 11) is 0.616. The standard InChI is InChI=1S/C21H25ClN2O6S/c1-28-18-8-6-15(22)11-17(18)23-21(25)14-5-4-10-24(13-14)31(26,27)16-7-9-19(29-2)20(12-16)30-3/h6-9,11-12,14H,4-5,10,13H2,1-3H3,(H,23,25)/t14-/m1/s1. The number of nitrogens with one attached hydrogen (secondary N) is 1. The van der Waals surface area contributed by atoms with Gasteiger partial charge in [-0.2, -0.15) is 4.31 Å². The maximum Gasteiger partial charge on any atom is 0.243 e. The summed E-state index contributed by atoms with van der Waals surface area (Å²) < 4.78 is 43.4. The van der Waals surface area contributed by atoms with Gasteiger partial charge in [-0.25, -0.2) is 8.42 Å². The number of carbonyl (C=O) groups is 1. The highest BCUT2D eigenvalue weighted by Crippen LogP contribution is 2.33. The fraction of sp³-hybridized carbons (Fsp3) is 0.381. The zero-order chi connectivity index (χ0) is 22.6. The molecule has 10 heteroatoms. The summed E-state index contributed by atoms with van der Waals surface area (Å²) >= 11 is 6.03. The molecule has 1 atom stereocenters. The fourth-order valence-corrected chi connectivity index (χ4v) is 5.23. The number of piperidine rings is 1. The summed E-state index contributed by atoms with van der Waals surface area (Å²) in [6, 6.07) is 9.36. The van der Waals surface area contributed by atoms with E-state index < -0.39 is 15.9 Å². The van der Waals surface area contributed by atoms with E-state index in [9.17, 15) is 13.2 Å². The lowest BCUT2D eigenvalue weighted by atomic mass is 9.98. The number of benzene rings is 2. The molecule has 0 unspecified atom stereocenters. The first kappa shape index (κ1) is 23.2. The summed E-state index contributed by atoms with van der Waals surface area (Å²) in [5, 5.41) is 3.27. The molecule has 2 aromatic rings. The summed E-state index contributed by atoms with van der Waals surface area (Å²) in [6.07, 6.45) is 1.14. The Hall–Kier alpha value is -2.49. The lowest BCUT2D eigenvalue weighted by Gasteiger charge is -2.31. The summed E-state index contributed by atoms with van der Waals surface area (Å²) in [5.41, 5.74) is 0.444. The van der Waals surface area contributed by atoms with E-state index in [2.05, 4.69) is 5.32 Å². The number of sulfonamides is 1. The molecular weight excluding hydrogens is 444 g/mol. The lowest BCUT2D eigenvalue weighted by Crippen LogP contribution is -2.43. The van der Waals surface area contributed by atoms with E-state index >= 15 is 0 Å². The average molecular weight is 469 g/mol. The Labute approximate surface area is 187 Å². The van der Waals surface area contributed by atoms with Crippen LogP contribution in [-0.4, -0.2) is 53.0 Å². The zero-order valence-electron chi connectivity index (χ0n) is 17.6. The predicted octanol–water partition coefficient (Wildman–Crippen LogP) is 3.41. The van der Waals surface area contributed by atoms with Crippen LogP contribution in [0.25, 0.3) is 0 Å². The number of rotatable bonds is 7. The van der Waals surface area contributed by atoms with Crippen molar-refractivity contribution in [2.45, 2.75) is 17.7 Å². The molecule has 1 aliphatic rings. The monoisotopic (exact) mass is 468 g/mol. The van der Waals surface area contributed by atoms with Crippen molar-refractivity contribution >= 4 is 33.2 Å². The zero-order valence-corrected chi connectivity index (χ0v) is 19.1. The van der Waals surface area contributed by atoms with Gasteiger partial charge in [0.2, 0.25) is 15.9 Å². The second kappa shape index (κ2) is 9.76. The van der Waals surface area contributed by atoms with E-state index in [0.29, 0.717) is 47.3 Å². The van der Waals surface area contributed by atoms with Crippen molar-refractivity contribution in [2.24, 2.45) is 5.92 Å². The molecule has 168 valence electrons. The second-order valence-electron chi connectivity index (χ2n) is 7.05. The molecule has 1 saturated heterocycles. The van der Waals surface area contributed by atoms with Crippen LogP contribution in [0.1, 0.15) is 12.8 Å². The Bertz CT molecular complexity index is 1060. The molecule has 0 spiro atoms. The number of hydrogen-bond donors (Lipinski definition) is 1. The van der Waals surface area contributed by atoms with Crippen molar-refractivity contribution in [1.29, 1.82) is 0 Å². The number of nitrogens with zero attached hydrogens (tertiary/aromatic N) is 1. The highest BCUT2D eigenvalue weighted by Gasteiger charge is 2.34. The van der Waals surface area contributed by atoms with E-state index in [1.54, 1.807) is 24.3 Å². The highest BCUT2D eigenvalue weighted by atomic mass is 35.5. The molecule has 0 saturated carbocycles. The van der Waals surface area contributed by atoms with Crippen molar-refractivity contribution in [3.63, 3.8) is 0 Å². The minimum Gasteiger partial charge on any atom is -0.495 e. The van der Waals surface area contributed by atoms with Gasteiger partial charge in [-0.05, 0) is 43.2 Å². The average Bonchev–Trinajstić information content (AvgIpc) is 2.78. The molecule has 0 radical (unpaired) electrons. The second-order valence-corrected chi connectivity index (χ2v) is 9.43. The Kier molecular flexibility index (Phi) is 7.30. The first-order valence-electron chi connectivity index (χ1n) is 9.66. The van der Waals surface area contributed by atoms with E-state index in [4.69, 9.17) is 25.8 Å². The number of hydrogen-bond acceptors (Lipinski definition) is 6. The van der Waals surface area contributed by atoms with Crippen LogP contribution >= 0.6 is 11.6 Å². The van der Waals surface area contributed by atoms with Gasteiger partial charge < -0.3 is 19.5 Å². The third kappa shape index (κ3) is 5.06. The molecule has 1 aliphatic heterocycles. The van der Waals surface area contributed by atoms with E-state index in [-0.39, 0.29) is 17.3 Å². The number of methoxy groups -OCH3 is 3. The highest BCUT2D eigenvalue weighted by molar-refractivity contribution is 7.89. The van der Waals surface area contributed by atoms with E-state index in [0.717, 1.165) is 0 Å². The van der Waals surface area contributed by atoms with Crippen molar-refractivity contribution < 1.29 is 27.4 Å². The molecule has 31 heavy (non-hydrogen) atoms. The van der Waals surface area contributed by atoms with E-state index in [1.165, 1.54) is 37.8 Å². The van der Waals surface area contributed by atoms with Gasteiger partial charge in [-0.3, -0.25) is 4.79 Å². The molecule has 1 amide bonds. The molecule has 1 fully saturated rings. The first-order chi connectivity index (χ1) is 14.8. The van der Waals surface area contributed by atoms with E-state index in [1.807, 2.05) is 0 Å². The van der Waals surface area contributed by atoms with Crippen molar-refractivity contribution in [2.75, 3.05) is 39.7 Å². The Morgan fingerprint density at radius 3 is 2.39 bits per heavy atom. The van der Waals surface area contributed by atoms with Gasteiger partial charge in [-0.15, -0.1) is 0 Å². The molecule has 0 aliphatic carbocycles. The Morgan fingerprint density at radius 2 is 1.71 bits per heavy atom. The van der Waals surface area contributed by atoms with Crippen LogP contribution in [0, 0.1) is 5.92 Å². The van der Waals surface area contributed by atoms with Gasteiger partial charge in [0.25, 0.3) is 0 Å². The van der Waals surface area contributed by atoms with Crippen molar-refractivity contribution in [3.8, 4) is 17.2 Å². The van der Waals surface area contributed by atoms with Gasteiger partial charge in [0.05, 0.1) is 37.8 Å². The van der Waals surface area contributed by atoms with Crippen LogP contribution in [0.5, 0.6) is 17.2 Å². The van der Waals surface area contributed by atoms with Crippen LogP contribution in [0.2, 0.25) is 5.02 Å². The van der Waals surface area contributed by atoms with Crippen LogP contribution in [0.3, 0.4) is 0 Å². The van der Waals surface area contributed by atoms with Crippen LogP contribution in [0.15, 0.2) is 41.3 Å². The van der Waals surface area contributed by atoms with Gasteiger partial charge in [-0.1, -0.05) is 11.6 Å². The van der Waals surface area contributed by atoms with Crippen LogP contribution in [-0.2, 0) is 14.8 Å². The van der Waals surface area contributed by atoms with Gasteiger partial charge >= 0.3 is 0 Å².